The zero-order chi connectivity index (χ0) is 15.1. The highest BCUT2D eigenvalue weighted by Gasteiger charge is 2.62. The van der Waals surface area contributed by atoms with E-state index >= 15 is 0 Å². The van der Waals surface area contributed by atoms with Gasteiger partial charge in [-0.25, -0.2) is 0 Å². The van der Waals surface area contributed by atoms with Gasteiger partial charge in [0.05, 0.1) is 17.9 Å². The topological polar surface area (TPSA) is 71.9 Å². The van der Waals surface area contributed by atoms with E-state index in [2.05, 4.69) is 30.1 Å². The number of ether oxygens (including phenoxy) is 1. The first-order chi connectivity index (χ1) is 10.0. The molecule has 5 nitrogen and oxygen atoms in total. The minimum Gasteiger partial charge on any atom is -0.367 e. The van der Waals surface area contributed by atoms with Gasteiger partial charge in [-0.15, -0.1) is 0 Å². The Bertz CT molecular complexity index is 547. The molecule has 3 rings (SSSR count). The van der Waals surface area contributed by atoms with Crippen LogP contribution in [0, 0.1) is 22.7 Å². The second-order valence-corrected chi connectivity index (χ2v) is 6.85. The predicted molar refractivity (Wildman–Crippen MR) is 76.3 cm³/mol. The van der Waals surface area contributed by atoms with E-state index in [0.717, 1.165) is 25.7 Å². The molecule has 0 amide bonds. The van der Waals surface area contributed by atoms with Gasteiger partial charge >= 0.3 is 0 Å². The monoisotopic (exact) mass is 289 g/mol. The van der Waals surface area contributed by atoms with Gasteiger partial charge < -0.3 is 9.26 Å². The Balaban J connectivity index is 1.86. The Morgan fingerprint density at radius 1 is 1.33 bits per heavy atom. The smallest absolute Gasteiger partial charge is 0.231 e. The van der Waals surface area contributed by atoms with Crippen molar-refractivity contribution >= 4 is 0 Å². The third-order valence-electron chi connectivity index (χ3n) is 5.16. The summed E-state index contributed by atoms with van der Waals surface area (Å²) in [5.41, 5.74) is -0.445. The molecule has 114 valence electrons. The van der Waals surface area contributed by atoms with Gasteiger partial charge in [-0.3, -0.25) is 0 Å². The molecule has 1 aromatic rings. The molecule has 0 bridgehead atoms. The van der Waals surface area contributed by atoms with Gasteiger partial charge in [-0.05, 0) is 25.2 Å². The fourth-order valence-electron chi connectivity index (χ4n) is 3.72. The largest absolute Gasteiger partial charge is 0.367 e. The maximum absolute atomic E-state index is 9.20. The molecule has 0 radical (unpaired) electrons. The first kappa shape index (κ1) is 14.5. The first-order valence-electron chi connectivity index (χ1n) is 7.93. The second kappa shape index (κ2) is 5.10. The molecule has 5 heteroatoms. The highest BCUT2D eigenvalue weighted by molar-refractivity contribution is 5.26. The molecule has 2 fully saturated rings. The van der Waals surface area contributed by atoms with E-state index in [1.807, 2.05) is 6.92 Å². The van der Waals surface area contributed by atoms with E-state index in [-0.39, 0.29) is 22.9 Å². The maximum Gasteiger partial charge on any atom is 0.231 e. The predicted octanol–water partition coefficient (Wildman–Crippen LogP) is 3.53. The summed E-state index contributed by atoms with van der Waals surface area (Å²) in [7, 11) is 0. The van der Waals surface area contributed by atoms with E-state index in [1.165, 1.54) is 6.42 Å². The zero-order valence-electron chi connectivity index (χ0n) is 13.1. The van der Waals surface area contributed by atoms with Crippen molar-refractivity contribution < 1.29 is 9.26 Å². The molecule has 0 spiro atoms. The molecule has 1 heterocycles. The van der Waals surface area contributed by atoms with Crippen LogP contribution < -0.4 is 0 Å². The summed E-state index contributed by atoms with van der Waals surface area (Å²) in [4.78, 5) is 4.63. The summed E-state index contributed by atoms with van der Waals surface area (Å²) in [6, 6.07) is 2.34. The molecule has 0 aliphatic heterocycles. The van der Waals surface area contributed by atoms with Crippen LogP contribution in [0.4, 0.5) is 0 Å². The van der Waals surface area contributed by atoms with Crippen molar-refractivity contribution in [1.29, 1.82) is 5.26 Å². The lowest BCUT2D eigenvalue weighted by molar-refractivity contribution is -0.0777. The van der Waals surface area contributed by atoms with Crippen molar-refractivity contribution in [2.75, 3.05) is 6.61 Å². The summed E-state index contributed by atoms with van der Waals surface area (Å²) < 4.78 is 11.5. The molecule has 2 atom stereocenters. The molecule has 2 aliphatic rings. The molecule has 0 saturated heterocycles. The van der Waals surface area contributed by atoms with Gasteiger partial charge in [-0.2, -0.15) is 10.2 Å². The standard InChI is InChI=1S/C16H23N3O2/c1-4-20-16(8-6-5-7-9-16)14-18-13(21-19-14)12-11(10-17)15(12,2)3/h11-12H,4-9H2,1-3H3. The lowest BCUT2D eigenvalue weighted by Gasteiger charge is -2.33. The average molecular weight is 289 g/mol. The van der Waals surface area contributed by atoms with Gasteiger partial charge in [0.15, 0.2) is 0 Å². The van der Waals surface area contributed by atoms with Crippen LogP contribution in [0.1, 0.15) is 70.5 Å². The van der Waals surface area contributed by atoms with E-state index in [1.54, 1.807) is 0 Å². The molecular formula is C16H23N3O2. The molecular weight excluding hydrogens is 266 g/mol. The van der Waals surface area contributed by atoms with Crippen molar-refractivity contribution in [2.24, 2.45) is 11.3 Å². The van der Waals surface area contributed by atoms with Crippen molar-refractivity contribution in [1.82, 2.24) is 10.1 Å². The molecule has 0 aromatic carbocycles. The van der Waals surface area contributed by atoms with Crippen molar-refractivity contribution in [2.45, 2.75) is 64.4 Å². The molecule has 1 aromatic heterocycles. The van der Waals surface area contributed by atoms with Crippen LogP contribution in [-0.4, -0.2) is 16.7 Å². The summed E-state index contributed by atoms with van der Waals surface area (Å²) >= 11 is 0. The normalized spacial score (nSPS) is 29.8. The lowest BCUT2D eigenvalue weighted by atomic mass is 9.84. The van der Waals surface area contributed by atoms with E-state index < -0.39 is 0 Å². The van der Waals surface area contributed by atoms with Gasteiger partial charge in [0.1, 0.15) is 5.60 Å². The molecule has 2 saturated carbocycles. The Labute approximate surface area is 125 Å². The number of hydrogen-bond donors (Lipinski definition) is 0. The van der Waals surface area contributed by atoms with Gasteiger partial charge in [-0.1, -0.05) is 38.3 Å². The molecule has 0 N–H and O–H groups in total. The highest BCUT2D eigenvalue weighted by Crippen LogP contribution is 2.63. The van der Waals surface area contributed by atoms with Gasteiger partial charge in [0.25, 0.3) is 0 Å². The summed E-state index contributed by atoms with van der Waals surface area (Å²) in [5.74, 6) is 1.32. The van der Waals surface area contributed by atoms with Crippen molar-refractivity contribution in [3.8, 4) is 6.07 Å². The number of rotatable bonds is 4. The van der Waals surface area contributed by atoms with Crippen LogP contribution in [0.2, 0.25) is 0 Å². The summed E-state index contributed by atoms with van der Waals surface area (Å²) in [5, 5.41) is 13.4. The summed E-state index contributed by atoms with van der Waals surface area (Å²) in [6.07, 6.45) is 5.43. The second-order valence-electron chi connectivity index (χ2n) is 6.85. The van der Waals surface area contributed by atoms with Crippen LogP contribution in [0.5, 0.6) is 0 Å². The first-order valence-corrected chi connectivity index (χ1v) is 7.93. The number of nitrogens with zero attached hydrogens (tertiary/aromatic N) is 3. The number of hydrogen-bond acceptors (Lipinski definition) is 5. The van der Waals surface area contributed by atoms with Gasteiger partial charge in [0.2, 0.25) is 11.7 Å². The van der Waals surface area contributed by atoms with E-state index in [4.69, 9.17) is 9.26 Å². The Morgan fingerprint density at radius 3 is 2.62 bits per heavy atom. The Hall–Kier alpha value is -1.41. The van der Waals surface area contributed by atoms with Crippen molar-refractivity contribution in [3.05, 3.63) is 11.7 Å². The van der Waals surface area contributed by atoms with Crippen molar-refractivity contribution in [3.63, 3.8) is 0 Å². The van der Waals surface area contributed by atoms with Gasteiger partial charge in [0, 0.05) is 6.61 Å². The zero-order valence-corrected chi connectivity index (χ0v) is 13.1. The van der Waals surface area contributed by atoms with Crippen LogP contribution >= 0.6 is 0 Å². The molecule has 21 heavy (non-hydrogen) atoms. The summed E-state index contributed by atoms with van der Waals surface area (Å²) in [6.45, 7) is 6.81. The Morgan fingerprint density at radius 2 is 2.05 bits per heavy atom. The minimum absolute atomic E-state index is 0.0276. The fourth-order valence-corrected chi connectivity index (χ4v) is 3.72. The van der Waals surface area contributed by atoms with Crippen LogP contribution in [0.3, 0.4) is 0 Å². The quantitative estimate of drug-likeness (QED) is 0.847. The molecule has 2 aliphatic carbocycles. The van der Waals surface area contributed by atoms with Crippen LogP contribution in [0.25, 0.3) is 0 Å². The SMILES string of the molecule is CCOC1(c2noc(C3C(C#N)C3(C)C)n2)CCCCC1. The van der Waals surface area contributed by atoms with Crippen LogP contribution in [0.15, 0.2) is 4.52 Å². The van der Waals surface area contributed by atoms with E-state index in [0.29, 0.717) is 18.3 Å². The lowest BCUT2D eigenvalue weighted by Crippen LogP contribution is -2.33. The Kier molecular flexibility index (Phi) is 3.53. The number of aromatic nitrogens is 2. The maximum atomic E-state index is 9.20. The third-order valence-corrected chi connectivity index (χ3v) is 5.16. The molecule has 2 unspecified atom stereocenters. The average Bonchev–Trinajstić information content (AvgIpc) is 2.84. The minimum atomic E-state index is -0.379. The van der Waals surface area contributed by atoms with Crippen LogP contribution in [-0.2, 0) is 10.3 Å². The van der Waals surface area contributed by atoms with E-state index in [9.17, 15) is 5.26 Å². The third kappa shape index (κ3) is 2.26. The highest BCUT2D eigenvalue weighted by atomic mass is 16.5. The fraction of sp³-hybridized carbons (Fsp3) is 0.812. The number of nitriles is 1.